The van der Waals surface area contributed by atoms with Crippen LogP contribution in [0, 0.1) is 0 Å². The highest BCUT2D eigenvalue weighted by atomic mass is 16.5. The van der Waals surface area contributed by atoms with Crippen LogP contribution < -0.4 is 26.6 Å². The Balaban J connectivity index is 1.46. The van der Waals surface area contributed by atoms with Gasteiger partial charge < -0.3 is 19.9 Å². The molecule has 0 unspecified atom stereocenters. The van der Waals surface area contributed by atoms with Crippen LogP contribution in [-0.4, -0.2) is 39.3 Å². The highest BCUT2D eigenvalue weighted by Crippen LogP contribution is 2.21. The molecule has 0 bridgehead atoms. The van der Waals surface area contributed by atoms with Gasteiger partial charge in [-0.3, -0.25) is 19.1 Å². The number of hydrogen-bond acceptors (Lipinski definition) is 8. The summed E-state index contributed by atoms with van der Waals surface area (Å²) in [6.45, 7) is 2.62. The zero-order chi connectivity index (χ0) is 25.7. The summed E-state index contributed by atoms with van der Waals surface area (Å²) in [7, 11) is 1.43. The Kier molecular flexibility index (Phi) is 7.28. The lowest BCUT2D eigenvalue weighted by atomic mass is 10.2. The Morgan fingerprint density at radius 1 is 1.14 bits per heavy atom. The van der Waals surface area contributed by atoms with E-state index in [4.69, 9.17) is 15.0 Å². The molecular formula is C25H26N6O5. The molecular weight excluding hydrogens is 464 g/mol. The first-order valence-electron chi connectivity index (χ1n) is 11.4. The number of carbonyl (C=O) groups is 1. The third kappa shape index (κ3) is 5.35. The van der Waals surface area contributed by atoms with Crippen LogP contribution in [0.2, 0.25) is 0 Å². The molecule has 0 spiro atoms. The van der Waals surface area contributed by atoms with Crippen LogP contribution in [0.5, 0.6) is 5.75 Å². The molecule has 4 rings (SSSR count). The number of rotatable bonds is 9. The first-order chi connectivity index (χ1) is 17.4. The maximum absolute atomic E-state index is 12.9. The second-order valence-electron chi connectivity index (χ2n) is 7.99. The minimum atomic E-state index is -0.742. The number of aryl methyl sites for hydroxylation is 1. The van der Waals surface area contributed by atoms with E-state index in [0.29, 0.717) is 12.4 Å². The molecule has 2 aromatic carbocycles. The zero-order valence-electron chi connectivity index (χ0n) is 19.9. The molecule has 4 aromatic rings. The van der Waals surface area contributed by atoms with Gasteiger partial charge in [-0.25, -0.2) is 4.79 Å². The van der Waals surface area contributed by atoms with Gasteiger partial charge in [0.2, 0.25) is 17.6 Å². The van der Waals surface area contributed by atoms with E-state index in [-0.39, 0.29) is 36.8 Å². The monoisotopic (exact) mass is 490 g/mol. The Morgan fingerprint density at radius 3 is 2.56 bits per heavy atom. The topological polar surface area (TPSA) is 149 Å². The average Bonchev–Trinajstić information content (AvgIpc) is 3.35. The number of nitrogens with zero attached hydrogens (tertiary/aromatic N) is 4. The fraction of sp³-hybridized carbons (Fsp3) is 0.240. The number of nitrogen functional groups attached to an aromatic ring is 1. The summed E-state index contributed by atoms with van der Waals surface area (Å²) in [6.07, 6.45) is 0.146. The fourth-order valence-corrected chi connectivity index (χ4v) is 3.67. The Hall–Kier alpha value is -4.67. The number of H-pyrrole nitrogens is 1. The van der Waals surface area contributed by atoms with E-state index < -0.39 is 17.2 Å². The Morgan fingerprint density at radius 2 is 1.86 bits per heavy atom. The lowest BCUT2D eigenvalue weighted by Crippen LogP contribution is -2.39. The van der Waals surface area contributed by atoms with Crippen molar-refractivity contribution in [3.8, 4) is 17.1 Å². The van der Waals surface area contributed by atoms with Crippen LogP contribution in [0.15, 0.2) is 68.7 Å². The van der Waals surface area contributed by atoms with Crippen molar-refractivity contribution in [1.29, 1.82) is 0 Å². The molecule has 0 aliphatic carbocycles. The number of aromatic nitrogens is 4. The standard InChI is InChI=1S/C25H26N6O5/c1-3-35-18-11-9-17(10-12-18)23-27-19(36-29-23)13-14-20(32)30(2)21-22(26)31(25(34)28-24(21)33)15-16-7-5-4-6-8-16/h4-12H,3,13-15,26H2,1-2H3,(H,28,33,34). The van der Waals surface area contributed by atoms with Crippen LogP contribution in [0.4, 0.5) is 11.5 Å². The molecule has 36 heavy (non-hydrogen) atoms. The summed E-state index contributed by atoms with van der Waals surface area (Å²) < 4.78 is 11.9. The van der Waals surface area contributed by atoms with Gasteiger partial charge in [-0.2, -0.15) is 4.98 Å². The second kappa shape index (κ2) is 10.7. The smallest absolute Gasteiger partial charge is 0.330 e. The molecule has 186 valence electrons. The van der Waals surface area contributed by atoms with Crippen LogP contribution in [-0.2, 0) is 17.8 Å². The van der Waals surface area contributed by atoms with Crippen LogP contribution in [0.25, 0.3) is 11.4 Å². The van der Waals surface area contributed by atoms with Crippen molar-refractivity contribution in [1.82, 2.24) is 19.7 Å². The predicted molar refractivity (Wildman–Crippen MR) is 134 cm³/mol. The number of amides is 1. The predicted octanol–water partition coefficient (Wildman–Crippen LogP) is 2.21. The molecule has 0 aliphatic rings. The first-order valence-corrected chi connectivity index (χ1v) is 11.4. The van der Waals surface area contributed by atoms with E-state index in [1.54, 1.807) is 0 Å². The summed E-state index contributed by atoms with van der Waals surface area (Å²) in [5.41, 5.74) is 6.24. The third-order valence-corrected chi connectivity index (χ3v) is 5.55. The van der Waals surface area contributed by atoms with Gasteiger partial charge in [-0.15, -0.1) is 0 Å². The zero-order valence-corrected chi connectivity index (χ0v) is 19.9. The van der Waals surface area contributed by atoms with Crippen LogP contribution in [0.1, 0.15) is 24.8 Å². The van der Waals surface area contributed by atoms with Crippen molar-refractivity contribution in [3.63, 3.8) is 0 Å². The van der Waals surface area contributed by atoms with Crippen molar-refractivity contribution >= 4 is 17.4 Å². The second-order valence-corrected chi connectivity index (χ2v) is 7.99. The maximum Gasteiger partial charge on any atom is 0.330 e. The molecule has 1 amide bonds. The molecule has 2 aromatic heterocycles. The fourth-order valence-electron chi connectivity index (χ4n) is 3.67. The van der Waals surface area contributed by atoms with Gasteiger partial charge in [-0.05, 0) is 36.8 Å². The van der Waals surface area contributed by atoms with Crippen molar-refractivity contribution < 1.29 is 14.1 Å². The molecule has 2 heterocycles. The molecule has 0 fully saturated rings. The minimum absolute atomic E-state index is 0.0158. The Bertz CT molecular complexity index is 1460. The van der Waals surface area contributed by atoms with Gasteiger partial charge in [0.15, 0.2) is 5.69 Å². The number of ether oxygens (including phenoxy) is 1. The van der Waals surface area contributed by atoms with Crippen molar-refractivity contribution in [2.75, 3.05) is 24.3 Å². The van der Waals surface area contributed by atoms with E-state index >= 15 is 0 Å². The number of nitrogens with two attached hydrogens (primary N) is 1. The van der Waals surface area contributed by atoms with Gasteiger partial charge in [0, 0.05) is 25.5 Å². The third-order valence-electron chi connectivity index (χ3n) is 5.55. The van der Waals surface area contributed by atoms with Crippen molar-refractivity contribution in [2.24, 2.45) is 0 Å². The highest BCUT2D eigenvalue weighted by Gasteiger charge is 2.22. The Labute approximate surface area is 206 Å². The van der Waals surface area contributed by atoms with Crippen molar-refractivity contribution in [2.45, 2.75) is 26.3 Å². The number of anilines is 2. The number of benzene rings is 2. The van der Waals surface area contributed by atoms with Crippen molar-refractivity contribution in [3.05, 3.63) is 86.9 Å². The normalized spacial score (nSPS) is 10.8. The lowest BCUT2D eigenvalue weighted by Gasteiger charge is -2.20. The molecule has 0 saturated heterocycles. The summed E-state index contributed by atoms with van der Waals surface area (Å²) >= 11 is 0. The molecule has 0 radical (unpaired) electrons. The maximum atomic E-state index is 12.9. The molecule has 11 nitrogen and oxygen atoms in total. The quantitative estimate of drug-likeness (QED) is 0.363. The van der Waals surface area contributed by atoms with Crippen LogP contribution in [0.3, 0.4) is 0 Å². The van der Waals surface area contributed by atoms with Gasteiger partial charge in [0.25, 0.3) is 5.56 Å². The SMILES string of the molecule is CCOc1ccc(-c2noc(CCC(=O)N(C)c3c(N)n(Cc4ccccc4)c(=O)[nH]c3=O)n2)cc1. The summed E-state index contributed by atoms with van der Waals surface area (Å²) in [5, 5.41) is 3.97. The number of hydrogen-bond donors (Lipinski definition) is 2. The van der Waals surface area contributed by atoms with Gasteiger partial charge in [0.1, 0.15) is 11.6 Å². The molecule has 0 saturated carbocycles. The average molecular weight is 491 g/mol. The molecule has 3 N–H and O–H groups in total. The molecule has 11 heteroatoms. The van der Waals surface area contributed by atoms with E-state index in [9.17, 15) is 14.4 Å². The molecule has 0 aliphatic heterocycles. The van der Waals surface area contributed by atoms with E-state index in [0.717, 1.165) is 21.8 Å². The lowest BCUT2D eigenvalue weighted by molar-refractivity contribution is -0.118. The van der Waals surface area contributed by atoms with E-state index in [2.05, 4.69) is 15.1 Å². The van der Waals surface area contributed by atoms with Gasteiger partial charge in [-0.1, -0.05) is 35.5 Å². The van der Waals surface area contributed by atoms with E-state index in [1.165, 1.54) is 11.6 Å². The molecule has 0 atom stereocenters. The minimum Gasteiger partial charge on any atom is -0.494 e. The van der Waals surface area contributed by atoms with Crippen LogP contribution >= 0.6 is 0 Å². The number of aromatic amines is 1. The highest BCUT2D eigenvalue weighted by molar-refractivity contribution is 5.95. The summed E-state index contributed by atoms with van der Waals surface area (Å²) in [5.74, 6) is 0.902. The number of nitrogens with one attached hydrogen (secondary N) is 1. The number of carbonyl (C=O) groups excluding carboxylic acids is 1. The van der Waals surface area contributed by atoms with Gasteiger partial charge >= 0.3 is 5.69 Å². The first kappa shape index (κ1) is 24.5. The van der Waals surface area contributed by atoms with Gasteiger partial charge in [0.05, 0.1) is 13.2 Å². The summed E-state index contributed by atoms with van der Waals surface area (Å²) in [6, 6.07) is 16.4. The summed E-state index contributed by atoms with van der Waals surface area (Å²) in [4.78, 5) is 45.5. The largest absolute Gasteiger partial charge is 0.494 e. The van der Waals surface area contributed by atoms with E-state index in [1.807, 2.05) is 61.5 Å².